The zero-order valence-corrected chi connectivity index (χ0v) is 4.98. The van der Waals surface area contributed by atoms with E-state index in [0.29, 0.717) is 11.5 Å². The Morgan fingerprint density at radius 1 is 1.50 bits per heavy atom. The number of nitrogens with two attached hydrogens (primary N) is 1. The van der Waals surface area contributed by atoms with Crippen molar-refractivity contribution in [3.05, 3.63) is 0 Å². The standard InChI is InChI=1S/C6H12N2/c7-5-3-8-4-6(5)1-2-6/h5,8H,1-4,7H2/t5-/m0/s1. The highest BCUT2D eigenvalue weighted by Gasteiger charge is 2.50. The molecule has 2 heteroatoms. The van der Waals surface area contributed by atoms with E-state index in [1.807, 2.05) is 0 Å². The molecule has 0 amide bonds. The summed E-state index contributed by atoms with van der Waals surface area (Å²) in [5.74, 6) is 0. The Kier molecular flexibility index (Phi) is 0.746. The minimum Gasteiger partial charge on any atom is -0.326 e. The summed E-state index contributed by atoms with van der Waals surface area (Å²) in [6.45, 7) is 2.22. The van der Waals surface area contributed by atoms with E-state index in [1.165, 1.54) is 19.4 Å². The van der Waals surface area contributed by atoms with Crippen LogP contribution in [0.5, 0.6) is 0 Å². The molecule has 0 bridgehead atoms. The largest absolute Gasteiger partial charge is 0.326 e. The average Bonchev–Trinajstić information content (AvgIpc) is 2.39. The fraction of sp³-hybridized carbons (Fsp3) is 1.00. The van der Waals surface area contributed by atoms with E-state index < -0.39 is 0 Å². The van der Waals surface area contributed by atoms with Gasteiger partial charge in [0.2, 0.25) is 0 Å². The van der Waals surface area contributed by atoms with E-state index in [4.69, 9.17) is 5.73 Å². The molecule has 2 nitrogen and oxygen atoms in total. The van der Waals surface area contributed by atoms with Crippen LogP contribution in [0.4, 0.5) is 0 Å². The van der Waals surface area contributed by atoms with Crippen LogP contribution in [-0.2, 0) is 0 Å². The molecule has 1 aliphatic heterocycles. The summed E-state index contributed by atoms with van der Waals surface area (Å²) < 4.78 is 0. The minimum atomic E-state index is 0.461. The Hall–Kier alpha value is -0.0800. The van der Waals surface area contributed by atoms with Gasteiger partial charge in [-0.3, -0.25) is 0 Å². The van der Waals surface area contributed by atoms with E-state index in [-0.39, 0.29) is 0 Å². The van der Waals surface area contributed by atoms with Gasteiger partial charge in [0.25, 0.3) is 0 Å². The molecule has 1 saturated heterocycles. The second-order valence-corrected chi connectivity index (χ2v) is 3.10. The van der Waals surface area contributed by atoms with Crippen LogP contribution in [0, 0.1) is 5.41 Å². The second kappa shape index (κ2) is 1.25. The Bertz CT molecular complexity index is 107. The molecule has 2 fully saturated rings. The first-order chi connectivity index (χ1) is 3.83. The van der Waals surface area contributed by atoms with Gasteiger partial charge in [-0.15, -0.1) is 0 Å². The van der Waals surface area contributed by atoms with E-state index in [9.17, 15) is 0 Å². The number of rotatable bonds is 0. The fourth-order valence-electron chi connectivity index (χ4n) is 1.53. The molecular formula is C6H12N2. The molecule has 1 spiro atoms. The maximum absolute atomic E-state index is 5.81. The molecule has 1 heterocycles. The molecule has 1 saturated carbocycles. The zero-order valence-electron chi connectivity index (χ0n) is 4.98. The van der Waals surface area contributed by atoms with Gasteiger partial charge in [-0.1, -0.05) is 0 Å². The molecule has 1 atom stereocenters. The first-order valence-corrected chi connectivity index (χ1v) is 3.30. The smallest absolute Gasteiger partial charge is 0.0234 e. The fourth-order valence-corrected chi connectivity index (χ4v) is 1.53. The summed E-state index contributed by atoms with van der Waals surface area (Å²) in [4.78, 5) is 0. The van der Waals surface area contributed by atoms with Gasteiger partial charge in [-0.05, 0) is 18.3 Å². The van der Waals surface area contributed by atoms with Crippen LogP contribution in [0.15, 0.2) is 0 Å². The lowest BCUT2D eigenvalue weighted by atomic mass is 10.0. The Morgan fingerprint density at radius 2 is 2.25 bits per heavy atom. The van der Waals surface area contributed by atoms with Gasteiger partial charge in [0.1, 0.15) is 0 Å². The monoisotopic (exact) mass is 112 g/mol. The normalized spacial score (nSPS) is 40.9. The van der Waals surface area contributed by atoms with Gasteiger partial charge in [0.15, 0.2) is 0 Å². The number of hydrogen-bond acceptors (Lipinski definition) is 2. The van der Waals surface area contributed by atoms with Crippen LogP contribution in [0.2, 0.25) is 0 Å². The van der Waals surface area contributed by atoms with Crippen LogP contribution < -0.4 is 11.1 Å². The lowest BCUT2D eigenvalue weighted by molar-refractivity contribution is 0.498. The molecule has 8 heavy (non-hydrogen) atoms. The molecule has 0 aromatic rings. The van der Waals surface area contributed by atoms with Crippen molar-refractivity contribution < 1.29 is 0 Å². The molecule has 3 N–H and O–H groups in total. The predicted molar refractivity (Wildman–Crippen MR) is 32.5 cm³/mol. The third kappa shape index (κ3) is 0.446. The molecule has 0 radical (unpaired) electrons. The second-order valence-electron chi connectivity index (χ2n) is 3.10. The maximum atomic E-state index is 5.81. The van der Waals surface area contributed by atoms with Crippen molar-refractivity contribution in [2.45, 2.75) is 18.9 Å². The maximum Gasteiger partial charge on any atom is 0.0234 e. The molecule has 1 aliphatic carbocycles. The summed E-state index contributed by atoms with van der Waals surface area (Å²) >= 11 is 0. The first-order valence-electron chi connectivity index (χ1n) is 3.30. The summed E-state index contributed by atoms with van der Waals surface area (Å²) in [6, 6.07) is 0.461. The quantitative estimate of drug-likeness (QED) is 0.451. The summed E-state index contributed by atoms with van der Waals surface area (Å²) in [5, 5.41) is 3.30. The van der Waals surface area contributed by atoms with Gasteiger partial charge >= 0.3 is 0 Å². The Labute approximate surface area is 49.4 Å². The van der Waals surface area contributed by atoms with Gasteiger partial charge < -0.3 is 11.1 Å². The van der Waals surface area contributed by atoms with Crippen molar-refractivity contribution in [2.75, 3.05) is 13.1 Å². The van der Waals surface area contributed by atoms with Gasteiger partial charge in [-0.25, -0.2) is 0 Å². The lowest BCUT2D eigenvalue weighted by Gasteiger charge is -2.08. The topological polar surface area (TPSA) is 38.0 Å². The van der Waals surface area contributed by atoms with Crippen molar-refractivity contribution >= 4 is 0 Å². The summed E-state index contributed by atoms with van der Waals surface area (Å²) in [6.07, 6.45) is 2.72. The lowest BCUT2D eigenvalue weighted by Crippen LogP contribution is -2.29. The van der Waals surface area contributed by atoms with E-state index in [1.54, 1.807) is 0 Å². The average molecular weight is 112 g/mol. The van der Waals surface area contributed by atoms with Gasteiger partial charge in [-0.2, -0.15) is 0 Å². The molecule has 0 unspecified atom stereocenters. The molecular weight excluding hydrogens is 100 g/mol. The van der Waals surface area contributed by atoms with Crippen molar-refractivity contribution in [3.8, 4) is 0 Å². The van der Waals surface area contributed by atoms with E-state index >= 15 is 0 Å². The third-order valence-corrected chi connectivity index (χ3v) is 2.52. The minimum absolute atomic E-state index is 0.461. The Balaban J connectivity index is 2.12. The molecule has 0 aromatic heterocycles. The SMILES string of the molecule is N[C@H]1CNCC12CC2. The number of hydrogen-bond donors (Lipinski definition) is 2. The van der Waals surface area contributed by atoms with Crippen molar-refractivity contribution in [1.29, 1.82) is 0 Å². The van der Waals surface area contributed by atoms with E-state index in [0.717, 1.165) is 6.54 Å². The van der Waals surface area contributed by atoms with Gasteiger partial charge in [0, 0.05) is 19.1 Å². The van der Waals surface area contributed by atoms with Crippen LogP contribution in [0.3, 0.4) is 0 Å². The molecule has 2 rings (SSSR count). The van der Waals surface area contributed by atoms with Crippen molar-refractivity contribution in [1.82, 2.24) is 5.32 Å². The molecule has 2 aliphatic rings. The van der Waals surface area contributed by atoms with Crippen LogP contribution in [-0.4, -0.2) is 19.1 Å². The van der Waals surface area contributed by atoms with Crippen LogP contribution in [0.1, 0.15) is 12.8 Å². The summed E-state index contributed by atoms with van der Waals surface area (Å²) in [7, 11) is 0. The number of nitrogens with one attached hydrogen (secondary N) is 1. The highest BCUT2D eigenvalue weighted by molar-refractivity contribution is 5.07. The highest BCUT2D eigenvalue weighted by atomic mass is 15.0. The highest BCUT2D eigenvalue weighted by Crippen LogP contribution is 2.49. The van der Waals surface area contributed by atoms with Crippen LogP contribution >= 0.6 is 0 Å². The zero-order chi connectivity index (χ0) is 5.61. The van der Waals surface area contributed by atoms with Crippen molar-refractivity contribution in [3.63, 3.8) is 0 Å². The van der Waals surface area contributed by atoms with Crippen molar-refractivity contribution in [2.24, 2.45) is 11.1 Å². The Morgan fingerprint density at radius 3 is 2.50 bits per heavy atom. The van der Waals surface area contributed by atoms with Gasteiger partial charge in [0.05, 0.1) is 0 Å². The molecule has 0 aromatic carbocycles. The van der Waals surface area contributed by atoms with Crippen LogP contribution in [0.25, 0.3) is 0 Å². The summed E-state index contributed by atoms with van der Waals surface area (Å²) in [5.41, 5.74) is 6.38. The first kappa shape index (κ1) is 4.77. The third-order valence-electron chi connectivity index (χ3n) is 2.52. The predicted octanol–water partition coefficient (Wildman–Crippen LogP) is -0.303. The van der Waals surface area contributed by atoms with E-state index in [2.05, 4.69) is 5.32 Å². The molecule has 46 valence electrons.